The van der Waals surface area contributed by atoms with Crippen LogP contribution in [0.4, 0.5) is 0 Å². The van der Waals surface area contributed by atoms with Gasteiger partial charge >= 0.3 is 5.97 Å². The molecule has 0 saturated heterocycles. The lowest BCUT2D eigenvalue weighted by Gasteiger charge is -2.12. The average Bonchev–Trinajstić information content (AvgIpc) is 3.08. The summed E-state index contributed by atoms with van der Waals surface area (Å²) in [7, 11) is 0. The predicted molar refractivity (Wildman–Crippen MR) is 79.3 cm³/mol. The Kier molecular flexibility index (Phi) is 3.64. The standard InChI is InChI=1S/C16H18N2O3/c19-15(17-13-3-1-2-4-13)10-18-8-7-11-5-6-12(16(20)21)9-14(11)18/h5-9,13H,1-4,10H2,(H,17,19)(H,20,21). The molecule has 3 rings (SSSR count). The van der Waals surface area contributed by atoms with E-state index in [9.17, 15) is 9.59 Å². The molecule has 110 valence electrons. The zero-order valence-electron chi connectivity index (χ0n) is 11.7. The highest BCUT2D eigenvalue weighted by molar-refractivity contribution is 5.94. The minimum absolute atomic E-state index is 0.0138. The number of hydrogen-bond donors (Lipinski definition) is 2. The fraction of sp³-hybridized carbons (Fsp3) is 0.375. The van der Waals surface area contributed by atoms with E-state index in [1.54, 1.807) is 22.8 Å². The third-order valence-electron chi connectivity index (χ3n) is 4.06. The lowest BCUT2D eigenvalue weighted by atomic mass is 10.1. The number of fused-ring (bicyclic) bond motifs is 1. The molecule has 1 saturated carbocycles. The van der Waals surface area contributed by atoms with Gasteiger partial charge in [-0.1, -0.05) is 18.9 Å². The molecule has 0 unspecified atom stereocenters. The van der Waals surface area contributed by atoms with Gasteiger partial charge in [-0.3, -0.25) is 4.79 Å². The Morgan fingerprint density at radius 1 is 1.24 bits per heavy atom. The molecule has 5 heteroatoms. The van der Waals surface area contributed by atoms with Crippen LogP contribution in [-0.2, 0) is 11.3 Å². The average molecular weight is 286 g/mol. The van der Waals surface area contributed by atoms with Gasteiger partial charge in [-0.05, 0) is 36.4 Å². The van der Waals surface area contributed by atoms with E-state index < -0.39 is 5.97 Å². The summed E-state index contributed by atoms with van der Waals surface area (Å²) < 4.78 is 1.80. The number of carboxylic acids is 1. The fourth-order valence-corrected chi connectivity index (χ4v) is 2.95. The lowest BCUT2D eigenvalue weighted by molar-refractivity contribution is -0.122. The zero-order valence-corrected chi connectivity index (χ0v) is 11.7. The van der Waals surface area contributed by atoms with Crippen LogP contribution in [0.2, 0.25) is 0 Å². The lowest BCUT2D eigenvalue weighted by Crippen LogP contribution is -2.35. The van der Waals surface area contributed by atoms with Gasteiger partial charge < -0.3 is 15.0 Å². The van der Waals surface area contributed by atoms with Gasteiger partial charge in [0.25, 0.3) is 0 Å². The molecule has 21 heavy (non-hydrogen) atoms. The minimum atomic E-state index is -0.958. The molecule has 0 aliphatic heterocycles. The molecule has 1 aromatic carbocycles. The number of amides is 1. The van der Waals surface area contributed by atoms with Crippen LogP contribution in [0.15, 0.2) is 30.5 Å². The number of rotatable bonds is 4. The van der Waals surface area contributed by atoms with Crippen LogP contribution in [0, 0.1) is 0 Å². The fourth-order valence-electron chi connectivity index (χ4n) is 2.95. The number of hydrogen-bond acceptors (Lipinski definition) is 2. The van der Waals surface area contributed by atoms with E-state index in [0.29, 0.717) is 6.04 Å². The van der Waals surface area contributed by atoms with Crippen LogP contribution in [-0.4, -0.2) is 27.6 Å². The predicted octanol–water partition coefficient (Wildman–Crippen LogP) is 2.40. The van der Waals surface area contributed by atoms with Crippen LogP contribution in [0.25, 0.3) is 10.9 Å². The van der Waals surface area contributed by atoms with E-state index in [4.69, 9.17) is 5.11 Å². The molecule has 0 bridgehead atoms. The van der Waals surface area contributed by atoms with Gasteiger partial charge in [-0.25, -0.2) is 4.79 Å². The van der Waals surface area contributed by atoms with Gasteiger partial charge in [-0.15, -0.1) is 0 Å². The summed E-state index contributed by atoms with van der Waals surface area (Å²) in [6.07, 6.45) is 6.30. The topological polar surface area (TPSA) is 71.3 Å². The highest BCUT2D eigenvalue weighted by Crippen LogP contribution is 2.19. The zero-order chi connectivity index (χ0) is 14.8. The quantitative estimate of drug-likeness (QED) is 0.906. The number of nitrogens with zero attached hydrogens (tertiary/aromatic N) is 1. The Labute approximate surface area is 122 Å². The van der Waals surface area contributed by atoms with Gasteiger partial charge in [0.05, 0.1) is 5.56 Å². The summed E-state index contributed by atoms with van der Waals surface area (Å²) in [5, 5.41) is 13.0. The Morgan fingerprint density at radius 2 is 2.00 bits per heavy atom. The molecule has 1 aliphatic rings. The second kappa shape index (κ2) is 5.60. The third kappa shape index (κ3) is 2.91. The molecular weight excluding hydrogens is 268 g/mol. The van der Waals surface area contributed by atoms with Crippen LogP contribution in [0.3, 0.4) is 0 Å². The molecule has 0 radical (unpaired) electrons. The first-order valence-corrected chi connectivity index (χ1v) is 7.25. The Hall–Kier alpha value is -2.30. The van der Waals surface area contributed by atoms with Crippen molar-refractivity contribution in [1.29, 1.82) is 0 Å². The first-order valence-electron chi connectivity index (χ1n) is 7.25. The summed E-state index contributed by atoms with van der Waals surface area (Å²) >= 11 is 0. The van der Waals surface area contributed by atoms with Crippen LogP contribution in [0.5, 0.6) is 0 Å². The molecule has 2 N–H and O–H groups in total. The van der Waals surface area contributed by atoms with Gasteiger partial charge in [0.15, 0.2) is 0 Å². The summed E-state index contributed by atoms with van der Waals surface area (Å²) in [6, 6.07) is 7.15. The highest BCUT2D eigenvalue weighted by Gasteiger charge is 2.17. The van der Waals surface area contributed by atoms with Crippen molar-refractivity contribution >= 4 is 22.8 Å². The van der Waals surface area contributed by atoms with Crippen LogP contribution in [0.1, 0.15) is 36.0 Å². The van der Waals surface area contributed by atoms with E-state index in [1.165, 1.54) is 12.8 Å². The van der Waals surface area contributed by atoms with Crippen molar-refractivity contribution in [1.82, 2.24) is 9.88 Å². The van der Waals surface area contributed by atoms with Crippen molar-refractivity contribution in [2.75, 3.05) is 0 Å². The number of aromatic carboxylic acids is 1. The van der Waals surface area contributed by atoms with Gasteiger partial charge in [-0.2, -0.15) is 0 Å². The highest BCUT2D eigenvalue weighted by atomic mass is 16.4. The largest absolute Gasteiger partial charge is 0.478 e. The second-order valence-electron chi connectivity index (χ2n) is 5.57. The van der Waals surface area contributed by atoms with Crippen molar-refractivity contribution in [3.05, 3.63) is 36.0 Å². The summed E-state index contributed by atoms with van der Waals surface area (Å²) in [6.45, 7) is 0.225. The van der Waals surface area contributed by atoms with Crippen molar-refractivity contribution in [2.45, 2.75) is 38.3 Å². The molecule has 1 aromatic heterocycles. The van der Waals surface area contributed by atoms with Crippen molar-refractivity contribution in [3.8, 4) is 0 Å². The van der Waals surface area contributed by atoms with Gasteiger partial charge in [0, 0.05) is 17.8 Å². The molecule has 1 heterocycles. The molecule has 1 amide bonds. The van der Waals surface area contributed by atoms with Crippen LogP contribution >= 0.6 is 0 Å². The monoisotopic (exact) mass is 286 g/mol. The Balaban J connectivity index is 1.78. The summed E-state index contributed by atoms with van der Waals surface area (Å²) in [5.74, 6) is -0.972. The maximum Gasteiger partial charge on any atom is 0.335 e. The first kappa shape index (κ1) is 13.7. The smallest absolute Gasteiger partial charge is 0.335 e. The number of benzene rings is 1. The molecule has 5 nitrogen and oxygen atoms in total. The van der Waals surface area contributed by atoms with Crippen molar-refractivity contribution in [3.63, 3.8) is 0 Å². The van der Waals surface area contributed by atoms with E-state index in [0.717, 1.165) is 23.7 Å². The Morgan fingerprint density at radius 3 is 2.71 bits per heavy atom. The second-order valence-corrected chi connectivity index (χ2v) is 5.57. The molecule has 0 spiro atoms. The van der Waals surface area contributed by atoms with E-state index >= 15 is 0 Å². The molecule has 1 aliphatic carbocycles. The van der Waals surface area contributed by atoms with Crippen molar-refractivity contribution < 1.29 is 14.7 Å². The summed E-state index contributed by atoms with van der Waals surface area (Å²) in [4.78, 5) is 23.1. The normalized spacial score (nSPS) is 15.4. The number of carbonyl (C=O) groups excluding carboxylic acids is 1. The van der Waals surface area contributed by atoms with Crippen LogP contribution < -0.4 is 5.32 Å². The molecular formula is C16H18N2O3. The van der Waals surface area contributed by atoms with E-state index in [-0.39, 0.29) is 18.0 Å². The maximum absolute atomic E-state index is 12.1. The third-order valence-corrected chi connectivity index (χ3v) is 4.06. The number of carboxylic acid groups (broad SMARTS) is 1. The van der Waals surface area contributed by atoms with Gasteiger partial charge in [0.2, 0.25) is 5.91 Å². The number of nitrogens with one attached hydrogen (secondary N) is 1. The van der Waals surface area contributed by atoms with Crippen molar-refractivity contribution in [2.24, 2.45) is 0 Å². The maximum atomic E-state index is 12.1. The minimum Gasteiger partial charge on any atom is -0.478 e. The van der Waals surface area contributed by atoms with E-state index in [1.807, 2.05) is 12.3 Å². The number of aromatic nitrogens is 1. The SMILES string of the molecule is O=C(Cn1ccc2ccc(C(=O)O)cc21)NC1CCCC1. The summed E-state index contributed by atoms with van der Waals surface area (Å²) in [5.41, 5.74) is 1.01. The molecule has 2 aromatic rings. The molecule has 0 atom stereocenters. The van der Waals surface area contributed by atoms with E-state index in [2.05, 4.69) is 5.32 Å². The Bertz CT molecular complexity index is 684. The van der Waals surface area contributed by atoms with Gasteiger partial charge in [0.1, 0.15) is 6.54 Å². The molecule has 1 fully saturated rings. The first-order chi connectivity index (χ1) is 10.1. The number of carbonyl (C=O) groups is 2.